The van der Waals surface area contributed by atoms with E-state index in [9.17, 15) is 9.90 Å². The average Bonchev–Trinajstić information content (AvgIpc) is 3.02. The molecule has 0 unspecified atom stereocenters. The summed E-state index contributed by atoms with van der Waals surface area (Å²) in [5.74, 6) is 0.418. The number of methoxy groups -OCH3 is 2. The van der Waals surface area contributed by atoms with Gasteiger partial charge in [-0.05, 0) is 51.1 Å². The van der Waals surface area contributed by atoms with Crippen molar-refractivity contribution in [2.24, 2.45) is 0 Å². The Morgan fingerprint density at radius 1 is 1.25 bits per heavy atom. The summed E-state index contributed by atoms with van der Waals surface area (Å²) in [6.07, 6.45) is 0.247. The standard InChI is InChI=1S/C20H29N3O5/c1-14-10-15(2)23(22-14)9-5-8-21-12-17(24)13-28-18-7-6-16(20(25)27-4)11-19(18)26-3/h6-7,10-11,17,21,24H,5,8-9,12-13H2,1-4H3/t17-/m1/s1. The summed E-state index contributed by atoms with van der Waals surface area (Å²) < 4.78 is 17.5. The number of rotatable bonds is 11. The smallest absolute Gasteiger partial charge is 0.337 e. The zero-order valence-electron chi connectivity index (χ0n) is 16.9. The van der Waals surface area contributed by atoms with Crippen LogP contribution < -0.4 is 14.8 Å². The van der Waals surface area contributed by atoms with Gasteiger partial charge in [0.2, 0.25) is 0 Å². The summed E-state index contributed by atoms with van der Waals surface area (Å²) in [5, 5.41) is 17.7. The van der Waals surface area contributed by atoms with Gasteiger partial charge in [0.25, 0.3) is 0 Å². The van der Waals surface area contributed by atoms with Crippen molar-refractivity contribution >= 4 is 5.97 Å². The minimum Gasteiger partial charge on any atom is -0.493 e. The van der Waals surface area contributed by atoms with E-state index in [-0.39, 0.29) is 6.61 Å². The van der Waals surface area contributed by atoms with E-state index < -0.39 is 12.1 Å². The van der Waals surface area contributed by atoms with Gasteiger partial charge in [-0.1, -0.05) is 0 Å². The zero-order chi connectivity index (χ0) is 20.5. The van der Waals surface area contributed by atoms with Crippen molar-refractivity contribution in [3.8, 4) is 11.5 Å². The highest BCUT2D eigenvalue weighted by atomic mass is 16.5. The molecule has 28 heavy (non-hydrogen) atoms. The minimum absolute atomic E-state index is 0.110. The summed E-state index contributed by atoms with van der Waals surface area (Å²) in [6, 6.07) is 6.82. The van der Waals surface area contributed by atoms with Crippen molar-refractivity contribution in [3.05, 3.63) is 41.2 Å². The van der Waals surface area contributed by atoms with Gasteiger partial charge in [-0.25, -0.2) is 4.79 Å². The van der Waals surface area contributed by atoms with E-state index in [1.54, 1.807) is 18.2 Å². The van der Waals surface area contributed by atoms with Crippen LogP contribution in [0.25, 0.3) is 0 Å². The monoisotopic (exact) mass is 391 g/mol. The Labute approximate surface area is 165 Å². The molecule has 1 heterocycles. The number of aryl methyl sites for hydroxylation is 3. The van der Waals surface area contributed by atoms with Crippen molar-refractivity contribution in [2.45, 2.75) is 32.9 Å². The highest BCUT2D eigenvalue weighted by molar-refractivity contribution is 5.90. The predicted octanol–water partition coefficient (Wildman–Crippen LogP) is 1.71. The molecule has 2 N–H and O–H groups in total. The normalized spacial score (nSPS) is 11.9. The van der Waals surface area contributed by atoms with Gasteiger partial charge in [-0.15, -0.1) is 0 Å². The quantitative estimate of drug-likeness (QED) is 0.445. The molecule has 0 amide bonds. The third-order valence-electron chi connectivity index (χ3n) is 4.22. The highest BCUT2D eigenvalue weighted by Gasteiger charge is 2.13. The van der Waals surface area contributed by atoms with Gasteiger partial charge in [-0.2, -0.15) is 5.10 Å². The molecule has 8 nitrogen and oxygen atoms in total. The van der Waals surface area contributed by atoms with Gasteiger partial charge >= 0.3 is 5.97 Å². The van der Waals surface area contributed by atoms with E-state index in [2.05, 4.69) is 21.2 Å². The molecule has 0 radical (unpaired) electrons. The van der Waals surface area contributed by atoms with Crippen LogP contribution in [-0.2, 0) is 11.3 Å². The van der Waals surface area contributed by atoms with E-state index in [1.165, 1.54) is 14.2 Å². The highest BCUT2D eigenvalue weighted by Crippen LogP contribution is 2.28. The number of esters is 1. The maximum atomic E-state index is 11.6. The summed E-state index contributed by atoms with van der Waals surface area (Å²) in [6.45, 7) is 6.16. The summed E-state index contributed by atoms with van der Waals surface area (Å²) >= 11 is 0. The number of ether oxygens (including phenoxy) is 3. The van der Waals surface area contributed by atoms with Gasteiger partial charge in [0.1, 0.15) is 12.7 Å². The van der Waals surface area contributed by atoms with Crippen LogP contribution in [0, 0.1) is 13.8 Å². The predicted molar refractivity (Wildman–Crippen MR) is 105 cm³/mol. The first kappa shape index (κ1) is 21.7. The molecule has 1 aromatic carbocycles. The Hall–Kier alpha value is -2.58. The SMILES string of the molecule is COC(=O)c1ccc(OC[C@H](O)CNCCCn2nc(C)cc2C)c(OC)c1. The second-order valence-electron chi connectivity index (χ2n) is 6.53. The molecule has 0 aliphatic rings. The molecule has 0 fully saturated rings. The Morgan fingerprint density at radius 3 is 2.68 bits per heavy atom. The number of benzene rings is 1. The van der Waals surface area contributed by atoms with Crippen LogP contribution in [0.2, 0.25) is 0 Å². The fourth-order valence-electron chi connectivity index (χ4n) is 2.80. The van der Waals surface area contributed by atoms with E-state index in [0.29, 0.717) is 23.6 Å². The first-order valence-electron chi connectivity index (χ1n) is 9.23. The van der Waals surface area contributed by atoms with Crippen LogP contribution in [0.3, 0.4) is 0 Å². The number of aliphatic hydroxyl groups is 1. The van der Waals surface area contributed by atoms with Crippen LogP contribution in [0.15, 0.2) is 24.3 Å². The van der Waals surface area contributed by atoms with Crippen LogP contribution in [-0.4, -0.2) is 60.9 Å². The molecule has 2 aromatic rings. The Kier molecular flexibility index (Phi) is 8.28. The summed E-state index contributed by atoms with van der Waals surface area (Å²) in [7, 11) is 2.81. The molecular weight excluding hydrogens is 362 g/mol. The number of aromatic nitrogens is 2. The Bertz CT molecular complexity index is 775. The van der Waals surface area contributed by atoms with E-state index >= 15 is 0 Å². The fraction of sp³-hybridized carbons (Fsp3) is 0.500. The molecule has 1 aromatic heterocycles. The molecule has 154 valence electrons. The molecule has 0 aliphatic carbocycles. The van der Waals surface area contributed by atoms with Crippen LogP contribution in [0.4, 0.5) is 0 Å². The number of carbonyl (C=O) groups is 1. The summed E-state index contributed by atoms with van der Waals surface area (Å²) in [5.41, 5.74) is 2.54. The maximum absolute atomic E-state index is 11.6. The second-order valence-corrected chi connectivity index (χ2v) is 6.53. The van der Waals surface area contributed by atoms with Gasteiger partial charge in [0.15, 0.2) is 11.5 Å². The van der Waals surface area contributed by atoms with E-state index in [1.807, 2.05) is 18.5 Å². The largest absolute Gasteiger partial charge is 0.493 e. The second kappa shape index (κ2) is 10.7. The van der Waals surface area contributed by atoms with Gasteiger partial charge in [-0.3, -0.25) is 4.68 Å². The molecule has 0 spiro atoms. The first-order valence-corrected chi connectivity index (χ1v) is 9.23. The fourth-order valence-corrected chi connectivity index (χ4v) is 2.80. The molecule has 2 rings (SSSR count). The molecule has 8 heteroatoms. The molecule has 0 saturated heterocycles. The third kappa shape index (κ3) is 6.24. The van der Waals surface area contributed by atoms with Crippen LogP contribution in [0.1, 0.15) is 28.2 Å². The number of hydrogen-bond acceptors (Lipinski definition) is 7. The minimum atomic E-state index is -0.668. The number of carbonyl (C=O) groups excluding carboxylic acids is 1. The van der Waals surface area contributed by atoms with E-state index in [0.717, 1.165) is 30.9 Å². The van der Waals surface area contributed by atoms with Crippen molar-refractivity contribution < 1.29 is 24.1 Å². The molecule has 0 aliphatic heterocycles. The van der Waals surface area contributed by atoms with Gasteiger partial charge in [0, 0.05) is 18.8 Å². The lowest BCUT2D eigenvalue weighted by atomic mass is 10.2. The lowest BCUT2D eigenvalue weighted by Crippen LogP contribution is -2.32. The Morgan fingerprint density at radius 2 is 2.04 bits per heavy atom. The summed E-state index contributed by atoms with van der Waals surface area (Å²) in [4.78, 5) is 11.6. The van der Waals surface area contributed by atoms with Crippen molar-refractivity contribution in [1.82, 2.24) is 15.1 Å². The van der Waals surface area contributed by atoms with Gasteiger partial charge < -0.3 is 24.6 Å². The van der Waals surface area contributed by atoms with E-state index in [4.69, 9.17) is 9.47 Å². The lowest BCUT2D eigenvalue weighted by molar-refractivity contribution is 0.0600. The number of hydrogen-bond donors (Lipinski definition) is 2. The average molecular weight is 391 g/mol. The Balaban J connectivity index is 1.71. The van der Waals surface area contributed by atoms with Crippen LogP contribution in [0.5, 0.6) is 11.5 Å². The lowest BCUT2D eigenvalue weighted by Gasteiger charge is -2.15. The number of nitrogens with zero attached hydrogens (tertiary/aromatic N) is 2. The van der Waals surface area contributed by atoms with Crippen molar-refractivity contribution in [1.29, 1.82) is 0 Å². The van der Waals surface area contributed by atoms with Crippen LogP contribution >= 0.6 is 0 Å². The van der Waals surface area contributed by atoms with Crippen molar-refractivity contribution in [3.63, 3.8) is 0 Å². The molecule has 0 saturated carbocycles. The maximum Gasteiger partial charge on any atom is 0.337 e. The molecule has 0 bridgehead atoms. The van der Waals surface area contributed by atoms with Crippen molar-refractivity contribution in [2.75, 3.05) is 33.9 Å². The topological polar surface area (TPSA) is 94.8 Å². The van der Waals surface area contributed by atoms with Gasteiger partial charge in [0.05, 0.1) is 25.5 Å². The first-order chi connectivity index (χ1) is 13.4. The molecule has 1 atom stereocenters. The zero-order valence-corrected chi connectivity index (χ0v) is 16.9. The number of aliphatic hydroxyl groups excluding tert-OH is 1. The third-order valence-corrected chi connectivity index (χ3v) is 4.22. The molecular formula is C20H29N3O5. The number of nitrogens with one attached hydrogen (secondary N) is 1.